The molecule has 2 N–H and O–H groups in total. The maximum absolute atomic E-state index is 11.4. The van der Waals surface area contributed by atoms with Crippen LogP contribution in [0.1, 0.15) is 30.0 Å². The van der Waals surface area contributed by atoms with Crippen LogP contribution in [0.15, 0.2) is 54.6 Å². The zero-order valence-corrected chi connectivity index (χ0v) is 12.5. The first kappa shape index (κ1) is 15.5. The Balaban J connectivity index is 2.04. The van der Waals surface area contributed by atoms with Crippen LogP contribution in [0.2, 0.25) is 5.02 Å². The van der Waals surface area contributed by atoms with Gasteiger partial charge in [-0.15, -0.1) is 0 Å². The molecule has 0 amide bonds. The van der Waals surface area contributed by atoms with Crippen molar-refractivity contribution in [2.24, 2.45) is 0 Å². The van der Waals surface area contributed by atoms with E-state index in [2.05, 4.69) is 5.32 Å². The van der Waals surface area contributed by atoms with Crippen LogP contribution in [0.5, 0.6) is 0 Å². The van der Waals surface area contributed by atoms with Gasteiger partial charge in [-0.1, -0.05) is 54.1 Å². The van der Waals surface area contributed by atoms with E-state index >= 15 is 0 Å². The predicted molar refractivity (Wildman–Crippen MR) is 84.7 cm³/mol. The molecular formula is C17H18ClNO2. The van der Waals surface area contributed by atoms with Crippen molar-refractivity contribution >= 4 is 17.6 Å². The maximum Gasteiger partial charge on any atom is 0.312 e. The Kier molecular flexibility index (Phi) is 5.37. The molecule has 110 valence electrons. The van der Waals surface area contributed by atoms with E-state index in [0.29, 0.717) is 11.6 Å². The summed E-state index contributed by atoms with van der Waals surface area (Å²) in [6.07, 6.45) is 0. The van der Waals surface area contributed by atoms with Crippen LogP contribution in [0, 0.1) is 0 Å². The number of halogens is 1. The standard InChI is InChI=1S/C17H18ClNO2/c1-12(14-8-5-9-15(18)10-14)19-11-16(17(20)21)13-6-3-2-4-7-13/h2-10,12,16,19H,11H2,1H3,(H,20,21)/t12-,16?/m1/s1. The third-order valence-electron chi connectivity index (χ3n) is 3.48. The molecule has 4 heteroatoms. The molecule has 2 atom stereocenters. The lowest BCUT2D eigenvalue weighted by Crippen LogP contribution is -2.29. The van der Waals surface area contributed by atoms with Crippen LogP contribution in [0.4, 0.5) is 0 Å². The van der Waals surface area contributed by atoms with Gasteiger partial charge in [0, 0.05) is 17.6 Å². The molecule has 0 saturated heterocycles. The Labute approximate surface area is 129 Å². The first-order chi connectivity index (χ1) is 10.1. The van der Waals surface area contributed by atoms with Crippen molar-refractivity contribution < 1.29 is 9.90 Å². The molecule has 2 aromatic carbocycles. The van der Waals surface area contributed by atoms with Crippen LogP contribution in [-0.2, 0) is 4.79 Å². The lowest BCUT2D eigenvalue weighted by molar-refractivity contribution is -0.138. The second-order valence-electron chi connectivity index (χ2n) is 4.99. The smallest absolute Gasteiger partial charge is 0.312 e. The van der Waals surface area contributed by atoms with E-state index in [0.717, 1.165) is 11.1 Å². The zero-order chi connectivity index (χ0) is 15.2. The molecule has 21 heavy (non-hydrogen) atoms. The molecule has 0 radical (unpaired) electrons. The number of rotatable bonds is 6. The Hall–Kier alpha value is -1.84. The van der Waals surface area contributed by atoms with E-state index in [1.54, 1.807) is 0 Å². The summed E-state index contributed by atoms with van der Waals surface area (Å²) in [7, 11) is 0. The number of nitrogens with one attached hydrogen (secondary N) is 1. The van der Waals surface area contributed by atoms with Gasteiger partial charge >= 0.3 is 5.97 Å². The number of aliphatic carboxylic acids is 1. The van der Waals surface area contributed by atoms with Crippen molar-refractivity contribution in [3.8, 4) is 0 Å². The average Bonchev–Trinajstić information content (AvgIpc) is 2.48. The molecule has 1 unspecified atom stereocenters. The topological polar surface area (TPSA) is 49.3 Å². The highest BCUT2D eigenvalue weighted by Gasteiger charge is 2.20. The molecule has 0 bridgehead atoms. The van der Waals surface area contributed by atoms with E-state index in [1.165, 1.54) is 0 Å². The van der Waals surface area contributed by atoms with Gasteiger partial charge in [-0.2, -0.15) is 0 Å². The second kappa shape index (κ2) is 7.25. The highest BCUT2D eigenvalue weighted by molar-refractivity contribution is 6.30. The van der Waals surface area contributed by atoms with Gasteiger partial charge < -0.3 is 10.4 Å². The van der Waals surface area contributed by atoms with Gasteiger partial charge in [0.15, 0.2) is 0 Å². The highest BCUT2D eigenvalue weighted by Crippen LogP contribution is 2.20. The summed E-state index contributed by atoms with van der Waals surface area (Å²) in [6, 6.07) is 16.9. The van der Waals surface area contributed by atoms with E-state index in [1.807, 2.05) is 61.5 Å². The number of carboxylic acid groups (broad SMARTS) is 1. The molecule has 2 rings (SSSR count). The minimum Gasteiger partial charge on any atom is -0.481 e. The first-order valence-electron chi connectivity index (χ1n) is 6.84. The van der Waals surface area contributed by atoms with Gasteiger partial charge in [0.2, 0.25) is 0 Å². The van der Waals surface area contributed by atoms with Crippen LogP contribution in [0.25, 0.3) is 0 Å². The molecule has 0 aromatic heterocycles. The molecule has 3 nitrogen and oxygen atoms in total. The van der Waals surface area contributed by atoms with Gasteiger partial charge in [-0.05, 0) is 30.2 Å². The van der Waals surface area contributed by atoms with Gasteiger partial charge in [0.05, 0.1) is 5.92 Å². The summed E-state index contributed by atoms with van der Waals surface area (Å²) in [5.41, 5.74) is 1.84. The summed E-state index contributed by atoms with van der Waals surface area (Å²) >= 11 is 5.98. The zero-order valence-electron chi connectivity index (χ0n) is 11.8. The molecule has 0 aliphatic carbocycles. The average molecular weight is 304 g/mol. The first-order valence-corrected chi connectivity index (χ1v) is 7.22. The van der Waals surface area contributed by atoms with Gasteiger partial charge in [-0.3, -0.25) is 4.79 Å². The minimum atomic E-state index is -0.827. The predicted octanol–water partition coefficient (Wildman–Crippen LogP) is 3.86. The lowest BCUT2D eigenvalue weighted by Gasteiger charge is -2.19. The third-order valence-corrected chi connectivity index (χ3v) is 3.71. The SMILES string of the molecule is C[C@@H](NCC(C(=O)O)c1ccccc1)c1cccc(Cl)c1. The van der Waals surface area contributed by atoms with Crippen LogP contribution < -0.4 is 5.32 Å². The fourth-order valence-corrected chi connectivity index (χ4v) is 2.42. The Morgan fingerprint density at radius 3 is 2.43 bits per heavy atom. The molecule has 0 aliphatic heterocycles. The normalized spacial score (nSPS) is 13.6. The van der Waals surface area contributed by atoms with E-state index in [-0.39, 0.29) is 6.04 Å². The summed E-state index contributed by atoms with van der Waals surface area (Å²) in [5, 5.41) is 13.3. The molecule has 2 aromatic rings. The van der Waals surface area contributed by atoms with Crippen LogP contribution >= 0.6 is 11.6 Å². The monoisotopic (exact) mass is 303 g/mol. The molecule has 0 heterocycles. The maximum atomic E-state index is 11.4. The fraction of sp³-hybridized carbons (Fsp3) is 0.235. The van der Waals surface area contributed by atoms with Crippen LogP contribution in [0.3, 0.4) is 0 Å². The van der Waals surface area contributed by atoms with E-state index in [9.17, 15) is 9.90 Å². The minimum absolute atomic E-state index is 0.0364. The number of benzene rings is 2. The summed E-state index contributed by atoms with van der Waals surface area (Å²) in [5.74, 6) is -1.39. The highest BCUT2D eigenvalue weighted by atomic mass is 35.5. The fourth-order valence-electron chi connectivity index (χ4n) is 2.22. The van der Waals surface area contributed by atoms with E-state index < -0.39 is 11.9 Å². The molecule has 0 aliphatic rings. The number of carbonyl (C=O) groups is 1. The number of hydrogen-bond acceptors (Lipinski definition) is 2. The van der Waals surface area contributed by atoms with Crippen molar-refractivity contribution in [3.05, 3.63) is 70.7 Å². The van der Waals surface area contributed by atoms with Crippen molar-refractivity contribution in [1.29, 1.82) is 0 Å². The molecule has 0 spiro atoms. The summed E-state index contributed by atoms with van der Waals surface area (Å²) < 4.78 is 0. The summed E-state index contributed by atoms with van der Waals surface area (Å²) in [6.45, 7) is 2.36. The Bertz CT molecular complexity index is 601. The van der Waals surface area contributed by atoms with Gasteiger partial charge in [0.1, 0.15) is 0 Å². The Morgan fingerprint density at radius 1 is 1.14 bits per heavy atom. The van der Waals surface area contributed by atoms with Crippen molar-refractivity contribution in [2.75, 3.05) is 6.54 Å². The van der Waals surface area contributed by atoms with E-state index in [4.69, 9.17) is 11.6 Å². The van der Waals surface area contributed by atoms with Crippen molar-refractivity contribution in [2.45, 2.75) is 18.9 Å². The molecule has 0 fully saturated rings. The summed E-state index contributed by atoms with van der Waals surface area (Å²) in [4.78, 5) is 11.4. The van der Waals surface area contributed by atoms with Crippen molar-refractivity contribution in [3.63, 3.8) is 0 Å². The van der Waals surface area contributed by atoms with Gasteiger partial charge in [-0.25, -0.2) is 0 Å². The molecule has 0 saturated carbocycles. The number of hydrogen-bond donors (Lipinski definition) is 2. The van der Waals surface area contributed by atoms with Crippen molar-refractivity contribution in [1.82, 2.24) is 5.32 Å². The quantitative estimate of drug-likeness (QED) is 0.852. The third kappa shape index (κ3) is 4.31. The molecular weight excluding hydrogens is 286 g/mol. The van der Waals surface area contributed by atoms with Gasteiger partial charge in [0.25, 0.3) is 0 Å². The largest absolute Gasteiger partial charge is 0.481 e. The Morgan fingerprint density at radius 2 is 1.81 bits per heavy atom. The van der Waals surface area contributed by atoms with Crippen LogP contribution in [-0.4, -0.2) is 17.6 Å². The number of carboxylic acids is 1. The lowest BCUT2D eigenvalue weighted by atomic mass is 9.98. The second-order valence-corrected chi connectivity index (χ2v) is 5.42.